The molecule has 0 radical (unpaired) electrons. The molecular formula is C19H23NO2. The van der Waals surface area contributed by atoms with E-state index >= 15 is 0 Å². The first kappa shape index (κ1) is 16.1. The summed E-state index contributed by atoms with van der Waals surface area (Å²) in [6.07, 6.45) is -0.535. The molecule has 2 atom stereocenters. The van der Waals surface area contributed by atoms with E-state index in [2.05, 4.69) is 11.4 Å². The number of ether oxygens (including phenoxy) is 1. The lowest BCUT2D eigenvalue weighted by molar-refractivity contribution is -0.127. The van der Waals surface area contributed by atoms with Gasteiger partial charge in [0.15, 0.2) is 6.10 Å². The molecule has 2 rings (SSSR count). The van der Waals surface area contributed by atoms with Crippen LogP contribution in [-0.2, 0) is 4.79 Å². The number of rotatable bonds is 5. The molecule has 22 heavy (non-hydrogen) atoms. The topological polar surface area (TPSA) is 38.3 Å². The molecule has 0 saturated heterocycles. The molecule has 3 nitrogen and oxygen atoms in total. The smallest absolute Gasteiger partial charge is 0.261 e. The predicted octanol–water partition coefficient (Wildman–Crippen LogP) is 3.95. The van der Waals surface area contributed by atoms with Crippen molar-refractivity contribution in [2.45, 2.75) is 39.8 Å². The summed E-state index contributed by atoms with van der Waals surface area (Å²) in [5.74, 6) is 0.614. The molecule has 0 aliphatic heterocycles. The molecule has 0 aromatic heterocycles. The minimum Gasteiger partial charge on any atom is -0.481 e. The van der Waals surface area contributed by atoms with Crippen LogP contribution in [0.2, 0.25) is 0 Å². The molecule has 0 fully saturated rings. The Morgan fingerprint density at radius 1 is 1.00 bits per heavy atom. The van der Waals surface area contributed by atoms with Gasteiger partial charge in [-0.2, -0.15) is 0 Å². The summed E-state index contributed by atoms with van der Waals surface area (Å²) in [5, 5.41) is 2.98. The lowest BCUT2D eigenvalue weighted by Gasteiger charge is -2.19. The van der Waals surface area contributed by atoms with Crippen molar-refractivity contribution in [2.24, 2.45) is 0 Å². The van der Waals surface area contributed by atoms with Crippen LogP contribution in [0.3, 0.4) is 0 Å². The van der Waals surface area contributed by atoms with Gasteiger partial charge in [-0.15, -0.1) is 0 Å². The van der Waals surface area contributed by atoms with Crippen molar-refractivity contribution >= 4 is 5.91 Å². The van der Waals surface area contributed by atoms with E-state index in [0.29, 0.717) is 0 Å². The van der Waals surface area contributed by atoms with E-state index in [0.717, 1.165) is 22.4 Å². The predicted molar refractivity (Wildman–Crippen MR) is 89.0 cm³/mol. The largest absolute Gasteiger partial charge is 0.481 e. The average molecular weight is 297 g/mol. The Morgan fingerprint density at radius 3 is 2.18 bits per heavy atom. The summed E-state index contributed by atoms with van der Waals surface area (Å²) in [7, 11) is 0. The number of hydrogen-bond acceptors (Lipinski definition) is 2. The van der Waals surface area contributed by atoms with Crippen LogP contribution in [0.15, 0.2) is 48.5 Å². The van der Waals surface area contributed by atoms with Gasteiger partial charge in [0.25, 0.3) is 5.91 Å². The number of carbonyl (C=O) groups excluding carboxylic acids is 1. The maximum Gasteiger partial charge on any atom is 0.261 e. The Balaban J connectivity index is 1.97. The molecule has 116 valence electrons. The summed E-state index contributed by atoms with van der Waals surface area (Å²) in [6, 6.07) is 15.8. The highest BCUT2D eigenvalue weighted by Gasteiger charge is 2.17. The zero-order valence-electron chi connectivity index (χ0n) is 13.6. The summed E-state index contributed by atoms with van der Waals surface area (Å²) in [6.45, 7) is 7.77. The van der Waals surface area contributed by atoms with Crippen molar-refractivity contribution in [1.29, 1.82) is 0 Å². The molecule has 0 saturated carbocycles. The first-order valence-corrected chi connectivity index (χ1v) is 7.56. The number of aryl methyl sites for hydroxylation is 2. The van der Waals surface area contributed by atoms with Crippen LogP contribution < -0.4 is 10.1 Å². The average Bonchev–Trinajstić information content (AvgIpc) is 2.46. The van der Waals surface area contributed by atoms with E-state index in [-0.39, 0.29) is 11.9 Å². The molecule has 0 heterocycles. The Kier molecular flexibility index (Phi) is 5.21. The van der Waals surface area contributed by atoms with E-state index < -0.39 is 6.10 Å². The van der Waals surface area contributed by atoms with E-state index in [9.17, 15) is 4.79 Å². The maximum absolute atomic E-state index is 12.3. The lowest BCUT2D eigenvalue weighted by Crippen LogP contribution is -2.37. The van der Waals surface area contributed by atoms with E-state index in [1.807, 2.05) is 63.2 Å². The Labute approximate surface area is 132 Å². The van der Waals surface area contributed by atoms with E-state index in [1.54, 1.807) is 6.92 Å². The molecule has 0 aliphatic carbocycles. The SMILES string of the molecule is Cc1cc(C)cc(O[C@H](C)C(=O)N[C@H](C)c2ccccc2)c1. The number of amides is 1. The number of carbonyl (C=O) groups is 1. The molecule has 1 N–H and O–H groups in total. The fourth-order valence-corrected chi connectivity index (χ4v) is 2.41. The third-order valence-corrected chi connectivity index (χ3v) is 3.54. The monoisotopic (exact) mass is 297 g/mol. The number of nitrogens with one attached hydrogen (secondary N) is 1. The van der Waals surface area contributed by atoms with Crippen molar-refractivity contribution in [3.63, 3.8) is 0 Å². The quantitative estimate of drug-likeness (QED) is 0.907. The van der Waals surface area contributed by atoms with Crippen LogP contribution in [0.5, 0.6) is 5.75 Å². The highest BCUT2D eigenvalue weighted by molar-refractivity contribution is 5.81. The van der Waals surface area contributed by atoms with Gasteiger partial charge in [-0.05, 0) is 56.5 Å². The van der Waals surface area contributed by atoms with Crippen LogP contribution in [0.1, 0.15) is 36.6 Å². The lowest BCUT2D eigenvalue weighted by atomic mass is 10.1. The summed E-state index contributed by atoms with van der Waals surface area (Å²) in [4.78, 5) is 12.3. The van der Waals surface area contributed by atoms with Crippen LogP contribution in [0.4, 0.5) is 0 Å². The molecule has 2 aromatic rings. The van der Waals surface area contributed by atoms with Crippen molar-refractivity contribution in [3.8, 4) is 5.75 Å². The number of hydrogen-bond donors (Lipinski definition) is 1. The minimum atomic E-state index is -0.535. The van der Waals surface area contributed by atoms with Gasteiger partial charge in [-0.3, -0.25) is 4.79 Å². The number of benzene rings is 2. The van der Waals surface area contributed by atoms with Gasteiger partial charge >= 0.3 is 0 Å². The second-order valence-corrected chi connectivity index (χ2v) is 5.72. The van der Waals surface area contributed by atoms with Gasteiger partial charge in [0.2, 0.25) is 0 Å². The van der Waals surface area contributed by atoms with E-state index in [1.165, 1.54) is 0 Å². The van der Waals surface area contributed by atoms with Gasteiger partial charge in [0.05, 0.1) is 6.04 Å². The third-order valence-electron chi connectivity index (χ3n) is 3.54. The van der Waals surface area contributed by atoms with Crippen LogP contribution >= 0.6 is 0 Å². The molecule has 0 aliphatic rings. The Bertz CT molecular complexity index is 617. The van der Waals surface area contributed by atoms with Crippen LogP contribution in [-0.4, -0.2) is 12.0 Å². The van der Waals surface area contributed by atoms with Crippen molar-refractivity contribution in [3.05, 3.63) is 65.2 Å². The molecular weight excluding hydrogens is 274 g/mol. The van der Waals surface area contributed by atoms with Gasteiger partial charge in [-0.1, -0.05) is 36.4 Å². The first-order chi connectivity index (χ1) is 10.5. The standard InChI is InChI=1S/C19H23NO2/c1-13-10-14(2)12-18(11-13)22-16(4)19(21)20-15(3)17-8-6-5-7-9-17/h5-12,15-16H,1-4H3,(H,20,21)/t15-,16-/m1/s1. The summed E-state index contributed by atoms with van der Waals surface area (Å²) in [5.41, 5.74) is 3.33. The zero-order valence-corrected chi connectivity index (χ0v) is 13.6. The Morgan fingerprint density at radius 2 is 1.59 bits per heavy atom. The highest BCUT2D eigenvalue weighted by atomic mass is 16.5. The molecule has 1 amide bonds. The summed E-state index contributed by atoms with van der Waals surface area (Å²) >= 11 is 0. The zero-order chi connectivity index (χ0) is 16.1. The summed E-state index contributed by atoms with van der Waals surface area (Å²) < 4.78 is 5.76. The van der Waals surface area contributed by atoms with Crippen LogP contribution in [0, 0.1) is 13.8 Å². The fourth-order valence-electron chi connectivity index (χ4n) is 2.41. The maximum atomic E-state index is 12.3. The molecule has 0 spiro atoms. The molecule has 0 bridgehead atoms. The minimum absolute atomic E-state index is 0.0426. The van der Waals surface area contributed by atoms with Crippen molar-refractivity contribution < 1.29 is 9.53 Å². The normalized spacial score (nSPS) is 13.3. The third kappa shape index (κ3) is 4.35. The van der Waals surface area contributed by atoms with Crippen molar-refractivity contribution in [2.75, 3.05) is 0 Å². The molecule has 3 heteroatoms. The van der Waals surface area contributed by atoms with Gasteiger partial charge in [-0.25, -0.2) is 0 Å². The Hall–Kier alpha value is -2.29. The first-order valence-electron chi connectivity index (χ1n) is 7.56. The highest BCUT2D eigenvalue weighted by Crippen LogP contribution is 2.18. The second kappa shape index (κ2) is 7.12. The fraction of sp³-hybridized carbons (Fsp3) is 0.316. The van der Waals surface area contributed by atoms with Crippen molar-refractivity contribution in [1.82, 2.24) is 5.32 Å². The second-order valence-electron chi connectivity index (χ2n) is 5.72. The molecule has 0 unspecified atom stereocenters. The molecule has 2 aromatic carbocycles. The van der Waals surface area contributed by atoms with Crippen LogP contribution in [0.25, 0.3) is 0 Å². The van der Waals surface area contributed by atoms with Gasteiger partial charge in [0.1, 0.15) is 5.75 Å². The van der Waals surface area contributed by atoms with Gasteiger partial charge < -0.3 is 10.1 Å². The van der Waals surface area contributed by atoms with E-state index in [4.69, 9.17) is 4.74 Å². The van der Waals surface area contributed by atoms with Gasteiger partial charge in [0, 0.05) is 0 Å².